The summed E-state index contributed by atoms with van der Waals surface area (Å²) in [5.74, 6) is 1.07. The van der Waals surface area contributed by atoms with E-state index in [2.05, 4.69) is 29.0 Å². The predicted molar refractivity (Wildman–Crippen MR) is 114 cm³/mol. The van der Waals surface area contributed by atoms with Gasteiger partial charge in [0.25, 0.3) is 0 Å². The molecular formula is C24H22N2O4. The van der Waals surface area contributed by atoms with E-state index in [1.165, 1.54) is 11.6 Å². The molecule has 0 radical (unpaired) electrons. The molecule has 0 atom stereocenters. The second kappa shape index (κ2) is 8.37. The van der Waals surface area contributed by atoms with E-state index in [0.29, 0.717) is 30.2 Å². The van der Waals surface area contributed by atoms with Gasteiger partial charge in [0.05, 0.1) is 17.8 Å². The molecule has 1 N–H and O–H groups in total. The van der Waals surface area contributed by atoms with Crippen LogP contribution in [0.2, 0.25) is 0 Å². The minimum Gasteiger partial charge on any atom is -0.493 e. The highest BCUT2D eigenvalue weighted by Crippen LogP contribution is 2.24. The highest BCUT2D eigenvalue weighted by atomic mass is 16.5. The van der Waals surface area contributed by atoms with Crippen molar-refractivity contribution in [3.05, 3.63) is 77.3 Å². The van der Waals surface area contributed by atoms with Gasteiger partial charge in [0, 0.05) is 17.4 Å². The van der Waals surface area contributed by atoms with Gasteiger partial charge in [0.1, 0.15) is 17.2 Å². The van der Waals surface area contributed by atoms with Crippen LogP contribution < -0.4 is 4.74 Å². The van der Waals surface area contributed by atoms with Crippen LogP contribution in [0.25, 0.3) is 22.4 Å². The molecule has 0 aliphatic carbocycles. The van der Waals surface area contributed by atoms with Gasteiger partial charge in [-0.2, -0.15) is 0 Å². The topological polar surface area (TPSA) is 85.5 Å². The van der Waals surface area contributed by atoms with Gasteiger partial charge < -0.3 is 14.3 Å². The highest BCUT2D eigenvalue weighted by Gasteiger charge is 2.12. The molecule has 2 aromatic heterocycles. The molecule has 4 aromatic rings. The first-order valence-corrected chi connectivity index (χ1v) is 9.86. The van der Waals surface area contributed by atoms with E-state index in [9.17, 15) is 4.79 Å². The van der Waals surface area contributed by atoms with Crippen molar-refractivity contribution in [2.75, 3.05) is 6.61 Å². The summed E-state index contributed by atoms with van der Waals surface area (Å²) in [4.78, 5) is 19.8. The van der Waals surface area contributed by atoms with Gasteiger partial charge in [-0.1, -0.05) is 25.1 Å². The standard InChI is InChI=1S/C24H22N2O4/c1-3-16-4-6-17(7-5-16)23-26-20(15(2)30-23)12-13-29-19-9-11-21-18(14-19)8-10-22(25-21)24(27)28/h4-11,14H,3,12-13H2,1-2H3,(H,27,28). The smallest absolute Gasteiger partial charge is 0.354 e. The van der Waals surface area contributed by atoms with E-state index in [1.54, 1.807) is 18.2 Å². The normalized spacial score (nSPS) is 11.0. The van der Waals surface area contributed by atoms with Crippen LogP contribution in [0.5, 0.6) is 5.75 Å². The molecule has 0 aliphatic heterocycles. The van der Waals surface area contributed by atoms with E-state index in [-0.39, 0.29) is 5.69 Å². The van der Waals surface area contributed by atoms with Gasteiger partial charge in [0.2, 0.25) is 5.89 Å². The number of rotatable bonds is 7. The van der Waals surface area contributed by atoms with Crippen LogP contribution in [0.4, 0.5) is 0 Å². The Kier molecular flexibility index (Phi) is 5.48. The molecule has 0 saturated carbocycles. The number of hydrogen-bond acceptors (Lipinski definition) is 5. The summed E-state index contributed by atoms with van der Waals surface area (Å²) in [5.41, 5.74) is 3.76. The van der Waals surface area contributed by atoms with E-state index in [4.69, 9.17) is 14.3 Å². The second-order valence-electron chi connectivity index (χ2n) is 7.03. The molecule has 0 fully saturated rings. The molecule has 0 unspecified atom stereocenters. The van der Waals surface area contributed by atoms with Crippen LogP contribution in [-0.4, -0.2) is 27.7 Å². The molecule has 0 aliphatic rings. The van der Waals surface area contributed by atoms with Gasteiger partial charge in [-0.15, -0.1) is 0 Å². The monoisotopic (exact) mass is 402 g/mol. The Balaban J connectivity index is 1.42. The van der Waals surface area contributed by atoms with Crippen molar-refractivity contribution < 1.29 is 19.1 Å². The largest absolute Gasteiger partial charge is 0.493 e. The average molecular weight is 402 g/mol. The summed E-state index contributed by atoms with van der Waals surface area (Å²) in [6, 6.07) is 16.9. The fraction of sp³-hybridized carbons (Fsp3) is 0.208. The maximum Gasteiger partial charge on any atom is 0.354 e. The SMILES string of the molecule is CCc1ccc(-c2nc(CCOc3ccc4nc(C(=O)O)ccc4c3)c(C)o2)cc1. The summed E-state index contributed by atoms with van der Waals surface area (Å²) in [7, 11) is 0. The van der Waals surface area contributed by atoms with E-state index in [0.717, 1.165) is 28.8 Å². The van der Waals surface area contributed by atoms with Gasteiger partial charge in [-0.05, 0) is 55.3 Å². The van der Waals surface area contributed by atoms with Crippen molar-refractivity contribution in [1.29, 1.82) is 0 Å². The first-order chi connectivity index (χ1) is 14.5. The van der Waals surface area contributed by atoms with Crippen molar-refractivity contribution in [1.82, 2.24) is 9.97 Å². The third-order valence-electron chi connectivity index (χ3n) is 4.99. The minimum atomic E-state index is -1.04. The number of carbonyl (C=O) groups is 1. The number of hydrogen-bond donors (Lipinski definition) is 1. The zero-order chi connectivity index (χ0) is 21.1. The van der Waals surface area contributed by atoms with E-state index in [1.807, 2.05) is 25.1 Å². The number of fused-ring (bicyclic) bond motifs is 1. The summed E-state index contributed by atoms with van der Waals surface area (Å²) in [5, 5.41) is 9.87. The lowest BCUT2D eigenvalue weighted by Crippen LogP contribution is -2.03. The summed E-state index contributed by atoms with van der Waals surface area (Å²) in [6.07, 6.45) is 1.62. The number of oxazole rings is 1. The Morgan fingerprint density at radius 1 is 1.07 bits per heavy atom. The lowest BCUT2D eigenvalue weighted by molar-refractivity contribution is 0.0691. The van der Waals surface area contributed by atoms with Crippen molar-refractivity contribution in [2.45, 2.75) is 26.7 Å². The van der Waals surface area contributed by atoms with E-state index >= 15 is 0 Å². The summed E-state index contributed by atoms with van der Waals surface area (Å²) >= 11 is 0. The number of pyridine rings is 1. The van der Waals surface area contributed by atoms with Crippen molar-refractivity contribution in [3.8, 4) is 17.2 Å². The molecule has 0 spiro atoms. The zero-order valence-corrected chi connectivity index (χ0v) is 16.9. The maximum absolute atomic E-state index is 11.0. The second-order valence-corrected chi connectivity index (χ2v) is 7.03. The Morgan fingerprint density at radius 2 is 1.87 bits per heavy atom. The zero-order valence-electron chi connectivity index (χ0n) is 16.9. The molecular weight excluding hydrogens is 380 g/mol. The van der Waals surface area contributed by atoms with Crippen molar-refractivity contribution >= 4 is 16.9 Å². The first-order valence-electron chi connectivity index (χ1n) is 9.86. The van der Waals surface area contributed by atoms with Crippen LogP contribution in [0.1, 0.15) is 34.4 Å². The number of carboxylic acids is 1. The molecule has 2 heterocycles. The van der Waals surface area contributed by atoms with Crippen LogP contribution >= 0.6 is 0 Å². The van der Waals surface area contributed by atoms with Gasteiger partial charge in [-0.3, -0.25) is 0 Å². The lowest BCUT2D eigenvalue weighted by atomic mass is 10.1. The number of carboxylic acid groups (broad SMARTS) is 1. The third-order valence-corrected chi connectivity index (χ3v) is 4.99. The minimum absolute atomic E-state index is 0.0258. The average Bonchev–Trinajstić information content (AvgIpc) is 3.13. The van der Waals surface area contributed by atoms with Crippen LogP contribution in [-0.2, 0) is 12.8 Å². The Hall–Kier alpha value is -3.67. The summed E-state index contributed by atoms with van der Waals surface area (Å²) < 4.78 is 11.7. The fourth-order valence-electron chi connectivity index (χ4n) is 3.24. The number of nitrogens with zero attached hydrogens (tertiary/aromatic N) is 2. The summed E-state index contributed by atoms with van der Waals surface area (Å²) in [6.45, 7) is 4.49. The van der Waals surface area contributed by atoms with Crippen molar-refractivity contribution in [2.24, 2.45) is 0 Å². The Bertz CT molecular complexity index is 1200. The molecule has 4 rings (SSSR count). The molecule has 6 nitrogen and oxygen atoms in total. The molecule has 0 bridgehead atoms. The van der Waals surface area contributed by atoms with Crippen LogP contribution in [0.3, 0.4) is 0 Å². The molecule has 0 saturated heterocycles. The van der Waals surface area contributed by atoms with Crippen LogP contribution in [0, 0.1) is 6.92 Å². The predicted octanol–water partition coefficient (Wildman–Crippen LogP) is 5.08. The first kappa shape index (κ1) is 19.6. The quantitative estimate of drug-likeness (QED) is 0.464. The number of aryl methyl sites for hydroxylation is 2. The Labute approximate surface area is 174 Å². The maximum atomic E-state index is 11.0. The van der Waals surface area contributed by atoms with Gasteiger partial charge in [-0.25, -0.2) is 14.8 Å². The molecule has 0 amide bonds. The number of ether oxygens (including phenoxy) is 1. The van der Waals surface area contributed by atoms with E-state index < -0.39 is 5.97 Å². The van der Waals surface area contributed by atoms with Gasteiger partial charge >= 0.3 is 5.97 Å². The number of aromatic carboxylic acids is 1. The van der Waals surface area contributed by atoms with Crippen molar-refractivity contribution in [3.63, 3.8) is 0 Å². The third kappa shape index (κ3) is 4.17. The van der Waals surface area contributed by atoms with Crippen LogP contribution in [0.15, 0.2) is 59.0 Å². The molecule has 6 heteroatoms. The highest BCUT2D eigenvalue weighted by molar-refractivity contribution is 5.90. The number of benzene rings is 2. The number of aromatic nitrogens is 2. The molecule has 30 heavy (non-hydrogen) atoms. The molecule has 2 aromatic carbocycles. The van der Waals surface area contributed by atoms with Gasteiger partial charge in [0.15, 0.2) is 0 Å². The lowest BCUT2D eigenvalue weighted by Gasteiger charge is -2.07. The fourth-order valence-corrected chi connectivity index (χ4v) is 3.24. The Morgan fingerprint density at radius 3 is 2.60 bits per heavy atom. The molecule has 152 valence electrons.